The van der Waals surface area contributed by atoms with Gasteiger partial charge in [-0.1, -0.05) is 0 Å². The first kappa shape index (κ1) is 30.1. The average Bonchev–Trinajstić information content (AvgIpc) is 2.48. The average molecular weight is 511 g/mol. The Morgan fingerprint density at radius 3 is 1.52 bits per heavy atom. The zero-order valence-corrected chi connectivity index (χ0v) is 22.2. The van der Waals surface area contributed by atoms with Crippen LogP contribution in [0.1, 0.15) is 63.9 Å². The van der Waals surface area contributed by atoms with Crippen LogP contribution in [0.5, 0.6) is 0 Å². The molecule has 1 rings (SSSR count). The molecule has 0 aromatic heterocycles. The van der Waals surface area contributed by atoms with Crippen LogP contribution in [0.25, 0.3) is 0 Å². The van der Waals surface area contributed by atoms with Gasteiger partial charge in [0, 0.05) is 0 Å². The second-order valence-electron chi connectivity index (χ2n) is 6.02. The van der Waals surface area contributed by atoms with Crippen molar-refractivity contribution in [2.45, 2.75) is 64.7 Å². The summed E-state index contributed by atoms with van der Waals surface area (Å²) in [6, 6.07) is 8.93. The van der Waals surface area contributed by atoms with Crippen molar-refractivity contribution in [2.24, 2.45) is 0 Å². The standard InChI is InChI=1S/C16H25.2H3O3PS.Zn/c1-2-3-4-5-6-7-8-10-13-16-14-11-9-12-15-16;2*1-4(2,3)5;/h9,11-12,14H,2-8,10,13H2,1H3;2*(H3,1,2,3,5);. The molecule has 6 nitrogen and oxygen atoms in total. The van der Waals surface area contributed by atoms with Crippen LogP contribution in [-0.2, 0) is 48.3 Å². The van der Waals surface area contributed by atoms with E-state index in [0.717, 1.165) is 0 Å². The van der Waals surface area contributed by atoms with Crippen molar-refractivity contribution in [1.29, 1.82) is 0 Å². The minimum absolute atomic E-state index is 1.30. The van der Waals surface area contributed by atoms with E-state index in [0.29, 0.717) is 0 Å². The van der Waals surface area contributed by atoms with Crippen LogP contribution in [0.2, 0.25) is 0 Å². The van der Waals surface area contributed by atoms with E-state index in [1.54, 1.807) is 9.72 Å². The first-order chi connectivity index (χ1) is 12.3. The molecule has 0 heterocycles. The Morgan fingerprint density at radius 2 is 1.11 bits per heavy atom. The molecule has 1 aromatic carbocycles. The van der Waals surface area contributed by atoms with E-state index in [9.17, 15) is 0 Å². The minimum atomic E-state index is -3.81. The number of hydrogen-bond donors (Lipinski definition) is 6. The number of aryl methyl sites for hydroxylation is 1. The summed E-state index contributed by atoms with van der Waals surface area (Å²) in [6.45, 7) is -5.33. The van der Waals surface area contributed by atoms with Gasteiger partial charge in [-0.2, -0.15) is 0 Å². The third-order valence-corrected chi connectivity index (χ3v) is 4.87. The molecule has 0 aliphatic heterocycles. The van der Waals surface area contributed by atoms with Crippen LogP contribution < -0.4 is 4.16 Å². The molecule has 0 atom stereocenters. The van der Waals surface area contributed by atoms with Gasteiger partial charge < -0.3 is 29.4 Å². The monoisotopic (exact) mass is 509 g/mol. The smallest absolute Gasteiger partial charge is 0.319 e. The van der Waals surface area contributed by atoms with Gasteiger partial charge in [0.25, 0.3) is 0 Å². The van der Waals surface area contributed by atoms with Gasteiger partial charge in [-0.05, 0) is 23.6 Å². The zero-order valence-electron chi connectivity index (χ0n) is 15.8. The fourth-order valence-electron chi connectivity index (χ4n) is 2.25. The van der Waals surface area contributed by atoms with Gasteiger partial charge in [-0.15, -0.1) is 0 Å². The van der Waals surface area contributed by atoms with E-state index in [1.807, 2.05) is 0 Å². The molecule has 11 heteroatoms. The van der Waals surface area contributed by atoms with E-state index in [2.05, 4.69) is 54.8 Å². The maximum absolute atomic E-state index is 7.56. The molecule has 0 saturated heterocycles. The molecule has 0 radical (unpaired) electrons. The van der Waals surface area contributed by atoms with Gasteiger partial charge in [0.15, 0.2) is 0 Å². The predicted octanol–water partition coefficient (Wildman–Crippen LogP) is 2.92. The van der Waals surface area contributed by atoms with Crippen molar-refractivity contribution in [3.63, 3.8) is 0 Å². The molecule has 0 fully saturated rings. The molecule has 27 heavy (non-hydrogen) atoms. The predicted molar refractivity (Wildman–Crippen MR) is 114 cm³/mol. The van der Waals surface area contributed by atoms with Crippen LogP contribution >= 0.6 is 13.4 Å². The Morgan fingerprint density at radius 1 is 0.741 bits per heavy atom. The summed E-state index contributed by atoms with van der Waals surface area (Å²) in [5.41, 5.74) is 1.60. The normalized spacial score (nSPS) is 11.1. The molecule has 155 valence electrons. The maximum atomic E-state index is 7.56. The largest absolute Gasteiger partial charge is 0.325 e. The van der Waals surface area contributed by atoms with Crippen LogP contribution in [0.3, 0.4) is 0 Å². The van der Waals surface area contributed by atoms with Gasteiger partial charge in [0.2, 0.25) is 0 Å². The fraction of sp³-hybridized carbons (Fsp3) is 0.625. The van der Waals surface area contributed by atoms with Gasteiger partial charge in [-0.3, -0.25) is 0 Å². The van der Waals surface area contributed by atoms with Crippen LogP contribution in [-0.4, -0.2) is 29.4 Å². The number of benzene rings is 1. The van der Waals surface area contributed by atoms with Crippen LogP contribution in [0.4, 0.5) is 0 Å². The van der Waals surface area contributed by atoms with Gasteiger partial charge in [-0.25, -0.2) is 0 Å². The van der Waals surface area contributed by atoms with Crippen LogP contribution in [0.15, 0.2) is 24.3 Å². The van der Waals surface area contributed by atoms with Crippen molar-refractivity contribution < 1.29 is 47.7 Å². The first-order valence-electron chi connectivity index (χ1n) is 8.81. The third-order valence-electron chi connectivity index (χ3n) is 3.42. The van der Waals surface area contributed by atoms with E-state index in [4.69, 9.17) is 29.4 Å². The number of rotatable bonds is 9. The molecule has 0 unspecified atom stereocenters. The maximum Gasteiger partial charge on any atom is 0.319 e. The summed E-state index contributed by atoms with van der Waals surface area (Å²) in [6.07, 6.45) is 12.7. The molecule has 0 saturated carbocycles. The molecule has 0 aliphatic rings. The first-order valence-corrected chi connectivity index (χ1v) is 15.6. The van der Waals surface area contributed by atoms with Gasteiger partial charge >= 0.3 is 130 Å². The van der Waals surface area contributed by atoms with Gasteiger partial charge in [0.05, 0.1) is 0 Å². The topological polar surface area (TPSA) is 121 Å². The van der Waals surface area contributed by atoms with Crippen molar-refractivity contribution in [1.82, 2.24) is 0 Å². The Kier molecular flexibility index (Phi) is 19.8. The second kappa shape index (κ2) is 17.7. The summed E-state index contributed by atoms with van der Waals surface area (Å²) in [4.78, 5) is 45.3. The quantitative estimate of drug-likeness (QED) is 0.170. The molecular weight excluding hydrogens is 480 g/mol. The SMILES string of the molecule is CCCCCCCCCCc1cccc[c]1[Zn].OP(O)(O)=S.OP(O)(O)=S. The van der Waals surface area contributed by atoms with Crippen molar-refractivity contribution in [2.75, 3.05) is 0 Å². The molecule has 0 amide bonds. The number of unbranched alkanes of at least 4 members (excludes halogenated alkanes) is 7. The van der Waals surface area contributed by atoms with Crippen molar-refractivity contribution in [3.8, 4) is 0 Å². The Hall–Kier alpha value is 0.903. The fourth-order valence-corrected chi connectivity index (χ4v) is 3.15. The van der Waals surface area contributed by atoms with Gasteiger partial charge in [0.1, 0.15) is 0 Å². The minimum Gasteiger partial charge on any atom is -0.325 e. The Balaban J connectivity index is 0. The number of hydrogen-bond acceptors (Lipinski definition) is 2. The Labute approximate surface area is 182 Å². The summed E-state index contributed by atoms with van der Waals surface area (Å²) >= 11 is 8.51. The molecule has 6 N–H and O–H groups in total. The summed E-state index contributed by atoms with van der Waals surface area (Å²) in [5.74, 6) is 0. The molecule has 1 aromatic rings. The van der Waals surface area contributed by atoms with E-state index < -0.39 is 13.4 Å². The van der Waals surface area contributed by atoms with Crippen molar-refractivity contribution in [3.05, 3.63) is 29.8 Å². The zero-order chi connectivity index (χ0) is 21.3. The van der Waals surface area contributed by atoms with E-state index in [-0.39, 0.29) is 0 Å². The molecule has 0 spiro atoms. The summed E-state index contributed by atoms with van der Waals surface area (Å²) < 4.78 is 1.58. The summed E-state index contributed by atoms with van der Waals surface area (Å²) in [7, 11) is 0. The molecular formula is C16H31O6P2S2Zn. The van der Waals surface area contributed by atoms with Crippen molar-refractivity contribution >= 4 is 41.2 Å². The molecule has 0 bridgehead atoms. The van der Waals surface area contributed by atoms with E-state index in [1.165, 1.54) is 76.1 Å². The summed E-state index contributed by atoms with van der Waals surface area (Å²) in [5, 5.41) is 0. The third kappa shape index (κ3) is 34.8. The second-order valence-corrected chi connectivity index (χ2v) is 12.6. The van der Waals surface area contributed by atoms with Crippen LogP contribution in [0, 0.1) is 0 Å². The van der Waals surface area contributed by atoms with E-state index >= 15 is 0 Å². The molecule has 0 aliphatic carbocycles. The Bertz CT molecular complexity index is 543.